The van der Waals surface area contributed by atoms with Crippen molar-refractivity contribution in [2.75, 3.05) is 0 Å². The quantitative estimate of drug-likeness (QED) is 0.622. The van der Waals surface area contributed by atoms with Crippen LogP contribution in [0, 0.1) is 27.7 Å². The Labute approximate surface area is 162 Å². The van der Waals surface area contributed by atoms with Crippen molar-refractivity contribution < 1.29 is 4.52 Å². The summed E-state index contributed by atoms with van der Waals surface area (Å²) in [6.45, 7) is 7.75. The molecule has 0 atom stereocenters. The molecule has 0 bridgehead atoms. The molecule has 0 amide bonds. The van der Waals surface area contributed by atoms with E-state index in [9.17, 15) is 0 Å². The van der Waals surface area contributed by atoms with Crippen molar-refractivity contribution in [1.82, 2.24) is 10.1 Å². The van der Waals surface area contributed by atoms with Gasteiger partial charge in [-0.3, -0.25) is 0 Å². The van der Waals surface area contributed by atoms with Crippen LogP contribution in [0.15, 0.2) is 28.8 Å². The fourth-order valence-corrected chi connectivity index (χ4v) is 3.28. The zero-order chi connectivity index (χ0) is 19.0. The predicted molar refractivity (Wildman–Crippen MR) is 107 cm³/mol. The topological polar surface area (TPSA) is 64.9 Å². The van der Waals surface area contributed by atoms with Crippen molar-refractivity contribution in [2.45, 2.75) is 27.7 Å². The van der Waals surface area contributed by atoms with E-state index in [-0.39, 0.29) is 0 Å². The first-order valence-electron chi connectivity index (χ1n) is 8.12. The molecule has 0 saturated heterocycles. The summed E-state index contributed by atoms with van der Waals surface area (Å²) < 4.78 is 5.35. The fourth-order valence-electron chi connectivity index (χ4n) is 2.85. The molecule has 0 saturated carbocycles. The highest BCUT2D eigenvalue weighted by Gasteiger charge is 2.20. The molecule has 0 aliphatic carbocycles. The molecule has 0 aliphatic rings. The molecule has 134 valence electrons. The minimum atomic E-state index is 0.324. The first kappa shape index (κ1) is 18.5. The summed E-state index contributed by atoms with van der Waals surface area (Å²) in [5, 5.41) is 5.29. The number of nitrogens with zero attached hydrogens (tertiary/aromatic N) is 2. The molecule has 2 N–H and O–H groups in total. The summed E-state index contributed by atoms with van der Waals surface area (Å²) in [5.41, 5.74) is 12.1. The highest BCUT2D eigenvalue weighted by Crippen LogP contribution is 2.38. The van der Waals surface area contributed by atoms with Crippen LogP contribution in [0.5, 0.6) is 0 Å². The van der Waals surface area contributed by atoms with E-state index in [0.29, 0.717) is 27.5 Å². The SMILES string of the molecule is Cc1ccc(/C(N)=C/c2nc(-c3c(C)c(Cl)c(C)c(Cl)c3C)no2)cc1. The highest BCUT2D eigenvalue weighted by atomic mass is 35.5. The largest absolute Gasteiger partial charge is 0.398 e. The Balaban J connectivity index is 2.01. The lowest BCUT2D eigenvalue weighted by atomic mass is 9.99. The maximum absolute atomic E-state index is 6.39. The molecule has 0 fully saturated rings. The van der Waals surface area contributed by atoms with Crippen molar-refractivity contribution >= 4 is 35.0 Å². The molecule has 26 heavy (non-hydrogen) atoms. The van der Waals surface area contributed by atoms with Crippen LogP contribution in [0.25, 0.3) is 23.2 Å². The van der Waals surface area contributed by atoms with E-state index in [1.807, 2.05) is 52.0 Å². The van der Waals surface area contributed by atoms with Crippen LogP contribution in [0.1, 0.15) is 33.7 Å². The number of aromatic nitrogens is 2. The summed E-state index contributed by atoms with van der Waals surface area (Å²) >= 11 is 12.8. The van der Waals surface area contributed by atoms with Crippen molar-refractivity contribution in [2.24, 2.45) is 5.73 Å². The second-order valence-electron chi connectivity index (χ2n) is 6.30. The van der Waals surface area contributed by atoms with E-state index in [1.165, 1.54) is 5.56 Å². The Hall–Kier alpha value is -2.30. The lowest BCUT2D eigenvalue weighted by molar-refractivity contribution is 0.411. The summed E-state index contributed by atoms with van der Waals surface area (Å²) in [6, 6.07) is 7.90. The molecular weight excluding hydrogens is 369 g/mol. The van der Waals surface area contributed by atoms with Crippen LogP contribution in [0.2, 0.25) is 10.0 Å². The van der Waals surface area contributed by atoms with Gasteiger partial charge in [-0.25, -0.2) is 0 Å². The van der Waals surface area contributed by atoms with Gasteiger partial charge in [0.1, 0.15) is 0 Å². The standard InChI is InChI=1S/C20H19Cl2N3O/c1-10-5-7-14(8-6-10)15(23)9-16-24-20(25-26-16)17-11(2)18(21)13(4)19(22)12(17)3/h5-9H,23H2,1-4H3/b15-9-. The van der Waals surface area contributed by atoms with Gasteiger partial charge >= 0.3 is 0 Å². The second-order valence-corrected chi connectivity index (χ2v) is 7.06. The van der Waals surface area contributed by atoms with Crippen LogP contribution in [-0.2, 0) is 0 Å². The Kier molecular flexibility index (Phi) is 5.08. The number of aryl methyl sites for hydroxylation is 1. The van der Waals surface area contributed by atoms with Gasteiger partial charge in [-0.05, 0) is 49.9 Å². The van der Waals surface area contributed by atoms with E-state index in [2.05, 4.69) is 10.1 Å². The average molecular weight is 388 g/mol. The molecule has 4 nitrogen and oxygen atoms in total. The number of hydrogen-bond donors (Lipinski definition) is 1. The van der Waals surface area contributed by atoms with Crippen molar-refractivity contribution in [3.63, 3.8) is 0 Å². The summed E-state index contributed by atoms with van der Waals surface area (Å²) in [7, 11) is 0. The van der Waals surface area contributed by atoms with Crippen LogP contribution >= 0.6 is 23.2 Å². The molecule has 0 unspecified atom stereocenters. The average Bonchev–Trinajstić information content (AvgIpc) is 3.07. The number of hydrogen-bond acceptors (Lipinski definition) is 4. The van der Waals surface area contributed by atoms with Crippen molar-refractivity contribution in [3.8, 4) is 11.4 Å². The normalized spacial score (nSPS) is 11.8. The van der Waals surface area contributed by atoms with E-state index in [1.54, 1.807) is 6.08 Å². The van der Waals surface area contributed by atoms with Gasteiger partial charge in [0, 0.05) is 27.4 Å². The Morgan fingerprint density at radius 2 is 1.54 bits per heavy atom. The van der Waals surface area contributed by atoms with Crippen molar-refractivity contribution in [1.29, 1.82) is 0 Å². The summed E-state index contributed by atoms with van der Waals surface area (Å²) in [6.07, 6.45) is 1.66. The summed E-state index contributed by atoms with van der Waals surface area (Å²) in [4.78, 5) is 4.45. The number of nitrogens with two attached hydrogens (primary N) is 1. The van der Waals surface area contributed by atoms with Crippen LogP contribution < -0.4 is 5.73 Å². The van der Waals surface area contributed by atoms with E-state index >= 15 is 0 Å². The van der Waals surface area contributed by atoms with Gasteiger partial charge in [0.25, 0.3) is 5.89 Å². The molecule has 1 aromatic heterocycles. The van der Waals surface area contributed by atoms with Gasteiger partial charge in [-0.2, -0.15) is 4.98 Å². The van der Waals surface area contributed by atoms with Gasteiger partial charge in [-0.1, -0.05) is 58.2 Å². The minimum absolute atomic E-state index is 0.324. The number of rotatable bonds is 3. The lowest BCUT2D eigenvalue weighted by Crippen LogP contribution is -1.97. The monoisotopic (exact) mass is 387 g/mol. The van der Waals surface area contributed by atoms with E-state index in [4.69, 9.17) is 33.5 Å². The van der Waals surface area contributed by atoms with Gasteiger partial charge in [0.05, 0.1) is 0 Å². The molecule has 2 aromatic carbocycles. The maximum Gasteiger partial charge on any atom is 0.253 e. The molecule has 1 heterocycles. The molecule has 3 rings (SSSR count). The zero-order valence-electron chi connectivity index (χ0n) is 15.0. The maximum atomic E-state index is 6.39. The number of halogens is 2. The molecular formula is C20H19Cl2N3O. The third kappa shape index (κ3) is 3.35. The second kappa shape index (κ2) is 7.14. The van der Waals surface area contributed by atoms with E-state index in [0.717, 1.165) is 27.8 Å². The van der Waals surface area contributed by atoms with E-state index < -0.39 is 0 Å². The predicted octanol–water partition coefficient (Wildman–Crippen LogP) is 5.73. The van der Waals surface area contributed by atoms with Gasteiger partial charge in [0.15, 0.2) is 0 Å². The van der Waals surface area contributed by atoms with Gasteiger partial charge in [-0.15, -0.1) is 0 Å². The number of benzene rings is 2. The first-order chi connectivity index (χ1) is 12.3. The van der Waals surface area contributed by atoms with Gasteiger partial charge < -0.3 is 10.3 Å². The fraction of sp³-hybridized carbons (Fsp3) is 0.200. The van der Waals surface area contributed by atoms with Crippen molar-refractivity contribution in [3.05, 3.63) is 68.0 Å². The smallest absolute Gasteiger partial charge is 0.253 e. The third-order valence-electron chi connectivity index (χ3n) is 4.40. The zero-order valence-corrected chi connectivity index (χ0v) is 16.5. The van der Waals surface area contributed by atoms with Gasteiger partial charge in [0.2, 0.25) is 5.82 Å². The van der Waals surface area contributed by atoms with Crippen LogP contribution in [0.3, 0.4) is 0 Å². The molecule has 0 aliphatic heterocycles. The third-order valence-corrected chi connectivity index (χ3v) is 5.53. The highest BCUT2D eigenvalue weighted by molar-refractivity contribution is 6.37. The summed E-state index contributed by atoms with van der Waals surface area (Å²) in [5.74, 6) is 0.761. The minimum Gasteiger partial charge on any atom is -0.398 e. The Morgan fingerprint density at radius 1 is 0.962 bits per heavy atom. The lowest BCUT2D eigenvalue weighted by Gasteiger charge is -2.13. The first-order valence-corrected chi connectivity index (χ1v) is 8.88. The Morgan fingerprint density at radius 3 is 2.12 bits per heavy atom. The van der Waals surface area contributed by atoms with Crippen LogP contribution in [0.4, 0.5) is 0 Å². The molecule has 3 aromatic rings. The molecule has 0 radical (unpaired) electrons. The Bertz CT molecular complexity index is 976. The molecule has 6 heteroatoms. The van der Waals surface area contributed by atoms with Crippen LogP contribution in [-0.4, -0.2) is 10.1 Å². The molecule has 0 spiro atoms.